The summed E-state index contributed by atoms with van der Waals surface area (Å²) >= 11 is 6.29. The molecule has 1 aromatic rings. The largest absolute Gasteiger partial charge is 0.345 e. The summed E-state index contributed by atoms with van der Waals surface area (Å²) in [5.74, 6) is 0.716. The molecule has 17 heavy (non-hydrogen) atoms. The van der Waals surface area contributed by atoms with Crippen LogP contribution in [0.1, 0.15) is 35.4 Å². The van der Waals surface area contributed by atoms with E-state index in [1.165, 1.54) is 29.5 Å². The van der Waals surface area contributed by atoms with Crippen molar-refractivity contribution in [1.29, 1.82) is 0 Å². The van der Waals surface area contributed by atoms with Gasteiger partial charge in [0, 0.05) is 24.5 Å². The average molecular weight is 250 g/mol. The predicted molar refractivity (Wildman–Crippen MR) is 68.5 cm³/mol. The van der Waals surface area contributed by atoms with Gasteiger partial charge in [0.15, 0.2) is 0 Å². The third-order valence-electron chi connectivity index (χ3n) is 4.04. The van der Waals surface area contributed by atoms with Gasteiger partial charge in [0.2, 0.25) is 5.91 Å². The van der Waals surface area contributed by atoms with E-state index in [1.54, 1.807) is 0 Å². The minimum absolute atomic E-state index is 0.226. The van der Waals surface area contributed by atoms with Crippen LogP contribution in [-0.4, -0.2) is 24.4 Å². The van der Waals surface area contributed by atoms with Crippen molar-refractivity contribution in [3.8, 4) is 0 Å². The topological polar surface area (TPSA) is 20.3 Å². The van der Waals surface area contributed by atoms with E-state index in [-0.39, 0.29) is 5.91 Å². The number of hydrogen-bond donors (Lipinski definition) is 0. The van der Waals surface area contributed by atoms with E-state index >= 15 is 0 Å². The Morgan fingerprint density at radius 2 is 2.24 bits per heavy atom. The SMILES string of the molecule is CN1CC2CCCc3c(Cl)ccc(c32)CC1=O. The molecule has 0 saturated carbocycles. The molecule has 1 aromatic carbocycles. The van der Waals surface area contributed by atoms with Gasteiger partial charge in [-0.25, -0.2) is 0 Å². The Bertz CT molecular complexity index is 483. The van der Waals surface area contributed by atoms with Gasteiger partial charge in [-0.3, -0.25) is 4.79 Å². The van der Waals surface area contributed by atoms with Crippen LogP contribution in [0.5, 0.6) is 0 Å². The van der Waals surface area contributed by atoms with E-state index in [1.807, 2.05) is 24.1 Å². The van der Waals surface area contributed by atoms with Gasteiger partial charge in [-0.1, -0.05) is 17.7 Å². The van der Waals surface area contributed by atoms with Gasteiger partial charge >= 0.3 is 0 Å². The molecule has 90 valence electrons. The first kappa shape index (κ1) is 11.1. The second-order valence-corrected chi connectivity index (χ2v) is 5.55. The van der Waals surface area contributed by atoms with E-state index in [0.717, 1.165) is 18.0 Å². The Morgan fingerprint density at radius 1 is 1.41 bits per heavy atom. The maximum Gasteiger partial charge on any atom is 0.226 e. The van der Waals surface area contributed by atoms with Crippen LogP contribution in [0.3, 0.4) is 0 Å². The Hall–Kier alpha value is -1.02. The van der Waals surface area contributed by atoms with Gasteiger partial charge in [-0.15, -0.1) is 0 Å². The van der Waals surface area contributed by atoms with Gasteiger partial charge < -0.3 is 4.90 Å². The number of nitrogens with zero attached hydrogens (tertiary/aromatic N) is 1. The van der Waals surface area contributed by atoms with Crippen molar-refractivity contribution in [2.75, 3.05) is 13.6 Å². The monoisotopic (exact) mass is 249 g/mol. The van der Waals surface area contributed by atoms with Crippen molar-refractivity contribution in [3.63, 3.8) is 0 Å². The Labute approximate surface area is 107 Å². The standard InChI is InChI=1S/C14H16ClNO/c1-16-8-10-3-2-4-11-12(15)6-5-9(14(10)11)7-13(16)17/h5-6,10H,2-4,7-8H2,1H3. The molecule has 3 rings (SSSR count). The highest BCUT2D eigenvalue weighted by molar-refractivity contribution is 6.31. The number of amides is 1. The Morgan fingerprint density at radius 3 is 3.06 bits per heavy atom. The number of rotatable bonds is 0. The maximum atomic E-state index is 11.9. The summed E-state index contributed by atoms with van der Waals surface area (Å²) in [6, 6.07) is 3.99. The molecule has 1 unspecified atom stereocenters. The second kappa shape index (κ2) is 4.02. The zero-order valence-corrected chi connectivity index (χ0v) is 10.8. The minimum atomic E-state index is 0.226. The minimum Gasteiger partial charge on any atom is -0.345 e. The Balaban J connectivity index is 2.17. The fourth-order valence-corrected chi connectivity index (χ4v) is 3.45. The number of carbonyl (C=O) groups excluding carboxylic acids is 1. The first-order chi connectivity index (χ1) is 8.16. The predicted octanol–water partition coefficient (Wildman–Crippen LogP) is 2.77. The Kier molecular flexibility index (Phi) is 2.62. The number of halogens is 1. The molecule has 0 fully saturated rings. The second-order valence-electron chi connectivity index (χ2n) is 5.14. The normalized spacial score (nSPS) is 23.3. The molecule has 1 atom stereocenters. The molecule has 0 aromatic heterocycles. The molecule has 0 saturated heterocycles. The van der Waals surface area contributed by atoms with Crippen molar-refractivity contribution >= 4 is 17.5 Å². The van der Waals surface area contributed by atoms with Crippen molar-refractivity contribution in [1.82, 2.24) is 4.90 Å². The third kappa shape index (κ3) is 1.75. The van der Waals surface area contributed by atoms with Crippen molar-refractivity contribution in [2.24, 2.45) is 0 Å². The van der Waals surface area contributed by atoms with E-state index in [2.05, 4.69) is 0 Å². The summed E-state index contributed by atoms with van der Waals surface area (Å²) in [5, 5.41) is 0.880. The average Bonchev–Trinajstić information content (AvgIpc) is 2.44. The van der Waals surface area contributed by atoms with Crippen LogP contribution in [-0.2, 0) is 17.6 Å². The van der Waals surface area contributed by atoms with Crippen LogP contribution in [0, 0.1) is 0 Å². The fourth-order valence-electron chi connectivity index (χ4n) is 3.19. The van der Waals surface area contributed by atoms with Crippen LogP contribution < -0.4 is 0 Å². The molecular formula is C14H16ClNO. The van der Waals surface area contributed by atoms with Gasteiger partial charge in [0.05, 0.1) is 6.42 Å². The van der Waals surface area contributed by atoms with Crippen LogP contribution in [0.4, 0.5) is 0 Å². The zero-order chi connectivity index (χ0) is 12.0. The molecule has 2 aliphatic rings. The molecular weight excluding hydrogens is 234 g/mol. The quantitative estimate of drug-likeness (QED) is 0.692. The highest BCUT2D eigenvalue weighted by atomic mass is 35.5. The summed E-state index contributed by atoms with van der Waals surface area (Å²) < 4.78 is 0. The van der Waals surface area contributed by atoms with E-state index in [4.69, 9.17) is 11.6 Å². The van der Waals surface area contributed by atoms with Crippen molar-refractivity contribution in [3.05, 3.63) is 33.8 Å². The van der Waals surface area contributed by atoms with E-state index < -0.39 is 0 Å². The fraction of sp³-hybridized carbons (Fsp3) is 0.500. The summed E-state index contributed by atoms with van der Waals surface area (Å²) in [6.07, 6.45) is 3.96. The lowest BCUT2D eigenvalue weighted by molar-refractivity contribution is -0.129. The summed E-state index contributed by atoms with van der Waals surface area (Å²) in [6.45, 7) is 0.846. The van der Waals surface area contributed by atoms with Gasteiger partial charge in [0.25, 0.3) is 0 Å². The maximum absolute atomic E-state index is 11.9. The lowest BCUT2D eigenvalue weighted by atomic mass is 9.80. The molecule has 0 spiro atoms. The third-order valence-corrected chi connectivity index (χ3v) is 4.39. The number of carbonyl (C=O) groups is 1. The molecule has 0 N–H and O–H groups in total. The number of benzene rings is 1. The van der Waals surface area contributed by atoms with Gasteiger partial charge in [0.1, 0.15) is 0 Å². The van der Waals surface area contributed by atoms with Gasteiger partial charge in [-0.05, 0) is 42.0 Å². The lowest BCUT2D eigenvalue weighted by Crippen LogP contribution is -2.30. The lowest BCUT2D eigenvalue weighted by Gasteiger charge is -2.28. The smallest absolute Gasteiger partial charge is 0.226 e. The van der Waals surface area contributed by atoms with Crippen LogP contribution in [0.15, 0.2) is 12.1 Å². The number of likely N-dealkylation sites (N-methyl/N-ethyl adjacent to an activating group) is 1. The highest BCUT2D eigenvalue weighted by Crippen LogP contribution is 2.39. The molecule has 1 aliphatic carbocycles. The molecule has 1 heterocycles. The molecule has 0 bridgehead atoms. The van der Waals surface area contributed by atoms with Crippen molar-refractivity contribution in [2.45, 2.75) is 31.6 Å². The molecule has 0 radical (unpaired) electrons. The van der Waals surface area contributed by atoms with Gasteiger partial charge in [-0.2, -0.15) is 0 Å². The molecule has 1 aliphatic heterocycles. The summed E-state index contributed by atoms with van der Waals surface area (Å²) in [4.78, 5) is 13.8. The van der Waals surface area contributed by atoms with Crippen LogP contribution >= 0.6 is 11.6 Å². The number of hydrogen-bond acceptors (Lipinski definition) is 1. The van der Waals surface area contributed by atoms with E-state index in [9.17, 15) is 4.79 Å². The highest BCUT2D eigenvalue weighted by Gasteiger charge is 2.30. The summed E-state index contributed by atoms with van der Waals surface area (Å²) in [5.41, 5.74) is 3.87. The first-order valence-electron chi connectivity index (χ1n) is 6.21. The molecule has 2 nitrogen and oxygen atoms in total. The van der Waals surface area contributed by atoms with E-state index in [0.29, 0.717) is 12.3 Å². The van der Waals surface area contributed by atoms with Crippen molar-refractivity contribution < 1.29 is 4.79 Å². The van der Waals surface area contributed by atoms with Crippen LogP contribution in [0.25, 0.3) is 0 Å². The zero-order valence-electron chi connectivity index (χ0n) is 10.0. The molecule has 1 amide bonds. The summed E-state index contributed by atoms with van der Waals surface area (Å²) in [7, 11) is 1.91. The first-order valence-corrected chi connectivity index (χ1v) is 6.58. The molecule has 3 heteroatoms. The van der Waals surface area contributed by atoms with Crippen LogP contribution in [0.2, 0.25) is 5.02 Å².